The van der Waals surface area contributed by atoms with Gasteiger partial charge in [0, 0.05) is 6.61 Å². The molecule has 0 aliphatic heterocycles. The van der Waals surface area contributed by atoms with Crippen molar-refractivity contribution >= 4 is 0 Å². The Morgan fingerprint density at radius 1 is 1.27 bits per heavy atom. The van der Waals surface area contributed by atoms with Crippen molar-refractivity contribution in [1.29, 1.82) is 0 Å². The van der Waals surface area contributed by atoms with Crippen LogP contribution in [-0.2, 0) is 0 Å². The van der Waals surface area contributed by atoms with Gasteiger partial charge in [0.15, 0.2) is 0 Å². The monoisotopic (exact) mass is 213 g/mol. The Morgan fingerprint density at radius 3 is 2.67 bits per heavy atom. The minimum atomic E-state index is 0.387. The van der Waals surface area contributed by atoms with E-state index in [0.717, 1.165) is 24.9 Å². The Morgan fingerprint density at radius 2 is 2.00 bits per heavy atom. The Bertz CT molecular complexity index is 159. The summed E-state index contributed by atoms with van der Waals surface area (Å²) in [5.41, 5.74) is 0. The van der Waals surface area contributed by atoms with Crippen LogP contribution in [0.2, 0.25) is 0 Å². The first kappa shape index (κ1) is 13.0. The van der Waals surface area contributed by atoms with Crippen molar-refractivity contribution in [2.45, 2.75) is 46.0 Å². The average molecular weight is 213 g/mol. The highest BCUT2D eigenvalue weighted by atomic mass is 16.3. The molecule has 0 spiro atoms. The third kappa shape index (κ3) is 4.98. The Balaban J connectivity index is 1.99. The van der Waals surface area contributed by atoms with Crippen molar-refractivity contribution in [2.75, 3.05) is 19.7 Å². The molecule has 0 heterocycles. The minimum Gasteiger partial charge on any atom is -0.396 e. The fraction of sp³-hybridized carbons (Fsp3) is 1.00. The molecule has 0 aromatic rings. The van der Waals surface area contributed by atoms with Gasteiger partial charge in [0.2, 0.25) is 0 Å². The molecule has 0 radical (unpaired) electrons. The SMILES string of the molecule is CC(C)CCCNCC1CCCC1CO. The van der Waals surface area contributed by atoms with E-state index in [2.05, 4.69) is 19.2 Å². The Labute approximate surface area is 94.5 Å². The van der Waals surface area contributed by atoms with Crippen LogP contribution in [0.15, 0.2) is 0 Å². The zero-order valence-corrected chi connectivity index (χ0v) is 10.3. The summed E-state index contributed by atoms with van der Waals surface area (Å²) < 4.78 is 0. The molecular weight excluding hydrogens is 186 g/mol. The summed E-state index contributed by atoms with van der Waals surface area (Å²) in [5, 5.41) is 12.7. The maximum absolute atomic E-state index is 9.18. The van der Waals surface area contributed by atoms with Crippen LogP contribution in [0, 0.1) is 17.8 Å². The standard InChI is InChI=1S/C13H27NO/c1-11(2)5-4-8-14-9-12-6-3-7-13(12)10-15/h11-15H,3-10H2,1-2H3. The average Bonchev–Trinajstić information content (AvgIpc) is 2.64. The summed E-state index contributed by atoms with van der Waals surface area (Å²) in [6, 6.07) is 0. The van der Waals surface area contributed by atoms with E-state index in [1.165, 1.54) is 32.1 Å². The van der Waals surface area contributed by atoms with Gasteiger partial charge in [-0.05, 0) is 56.5 Å². The molecule has 2 heteroatoms. The summed E-state index contributed by atoms with van der Waals surface area (Å²) in [6.45, 7) is 7.20. The van der Waals surface area contributed by atoms with Gasteiger partial charge < -0.3 is 10.4 Å². The second-order valence-electron chi connectivity index (χ2n) is 5.37. The molecule has 1 aliphatic carbocycles. The molecule has 2 atom stereocenters. The molecule has 1 saturated carbocycles. The normalized spacial score (nSPS) is 26.4. The molecule has 0 aromatic carbocycles. The number of aliphatic hydroxyl groups excluding tert-OH is 1. The third-order valence-corrected chi connectivity index (χ3v) is 3.59. The molecule has 2 unspecified atom stereocenters. The second-order valence-corrected chi connectivity index (χ2v) is 5.37. The molecule has 1 rings (SSSR count). The topological polar surface area (TPSA) is 32.3 Å². The quantitative estimate of drug-likeness (QED) is 0.637. The van der Waals surface area contributed by atoms with Crippen molar-refractivity contribution in [3.05, 3.63) is 0 Å². The van der Waals surface area contributed by atoms with E-state index in [4.69, 9.17) is 0 Å². The lowest BCUT2D eigenvalue weighted by atomic mass is 9.97. The van der Waals surface area contributed by atoms with E-state index in [-0.39, 0.29) is 0 Å². The van der Waals surface area contributed by atoms with E-state index in [1.807, 2.05) is 0 Å². The first-order valence-corrected chi connectivity index (χ1v) is 6.55. The van der Waals surface area contributed by atoms with Gasteiger partial charge in [0.25, 0.3) is 0 Å². The summed E-state index contributed by atoms with van der Waals surface area (Å²) in [4.78, 5) is 0. The van der Waals surface area contributed by atoms with Crippen LogP contribution in [-0.4, -0.2) is 24.8 Å². The lowest BCUT2D eigenvalue weighted by molar-refractivity contribution is 0.192. The molecule has 0 saturated heterocycles. The highest BCUT2D eigenvalue weighted by molar-refractivity contribution is 4.78. The molecular formula is C13H27NO. The van der Waals surface area contributed by atoms with E-state index < -0.39 is 0 Å². The molecule has 1 aliphatic rings. The van der Waals surface area contributed by atoms with Crippen LogP contribution in [0.1, 0.15) is 46.0 Å². The molecule has 2 N–H and O–H groups in total. The lowest BCUT2D eigenvalue weighted by Gasteiger charge is -2.17. The maximum atomic E-state index is 9.18. The van der Waals surface area contributed by atoms with E-state index in [9.17, 15) is 5.11 Å². The number of hydrogen-bond acceptors (Lipinski definition) is 2. The molecule has 0 amide bonds. The van der Waals surface area contributed by atoms with Gasteiger partial charge in [-0.15, -0.1) is 0 Å². The highest BCUT2D eigenvalue weighted by Gasteiger charge is 2.25. The zero-order chi connectivity index (χ0) is 11.1. The molecule has 0 bridgehead atoms. The molecule has 0 aromatic heterocycles. The van der Waals surface area contributed by atoms with Crippen LogP contribution in [0.4, 0.5) is 0 Å². The van der Waals surface area contributed by atoms with E-state index in [1.54, 1.807) is 0 Å². The largest absolute Gasteiger partial charge is 0.396 e. The summed E-state index contributed by atoms with van der Waals surface area (Å²) in [6.07, 6.45) is 6.45. The number of rotatable bonds is 7. The molecule has 1 fully saturated rings. The van der Waals surface area contributed by atoms with Gasteiger partial charge in [0.05, 0.1) is 0 Å². The van der Waals surface area contributed by atoms with Gasteiger partial charge >= 0.3 is 0 Å². The third-order valence-electron chi connectivity index (χ3n) is 3.59. The fourth-order valence-electron chi connectivity index (χ4n) is 2.55. The summed E-state index contributed by atoms with van der Waals surface area (Å²) in [7, 11) is 0. The molecule has 2 nitrogen and oxygen atoms in total. The van der Waals surface area contributed by atoms with E-state index in [0.29, 0.717) is 12.5 Å². The van der Waals surface area contributed by atoms with Gasteiger partial charge in [-0.1, -0.05) is 20.3 Å². The first-order chi connectivity index (χ1) is 7.24. The van der Waals surface area contributed by atoms with Crippen molar-refractivity contribution in [3.63, 3.8) is 0 Å². The Hall–Kier alpha value is -0.0800. The number of nitrogens with one attached hydrogen (secondary N) is 1. The number of hydrogen-bond donors (Lipinski definition) is 2. The molecule has 90 valence electrons. The van der Waals surface area contributed by atoms with E-state index >= 15 is 0 Å². The zero-order valence-electron chi connectivity index (χ0n) is 10.3. The van der Waals surface area contributed by atoms with Gasteiger partial charge in [-0.2, -0.15) is 0 Å². The Kier molecular flexibility index (Phi) is 6.26. The maximum Gasteiger partial charge on any atom is 0.0462 e. The van der Waals surface area contributed by atoms with Crippen molar-refractivity contribution in [3.8, 4) is 0 Å². The van der Waals surface area contributed by atoms with Crippen LogP contribution in [0.25, 0.3) is 0 Å². The highest BCUT2D eigenvalue weighted by Crippen LogP contribution is 2.30. The summed E-state index contributed by atoms with van der Waals surface area (Å²) >= 11 is 0. The predicted molar refractivity (Wildman–Crippen MR) is 64.9 cm³/mol. The van der Waals surface area contributed by atoms with Gasteiger partial charge in [-0.3, -0.25) is 0 Å². The fourth-order valence-corrected chi connectivity index (χ4v) is 2.55. The van der Waals surface area contributed by atoms with Gasteiger partial charge in [0.1, 0.15) is 0 Å². The number of aliphatic hydroxyl groups is 1. The van der Waals surface area contributed by atoms with Gasteiger partial charge in [-0.25, -0.2) is 0 Å². The second kappa shape index (κ2) is 7.24. The lowest BCUT2D eigenvalue weighted by Crippen LogP contribution is -2.27. The molecule has 15 heavy (non-hydrogen) atoms. The van der Waals surface area contributed by atoms with Crippen LogP contribution in [0.3, 0.4) is 0 Å². The first-order valence-electron chi connectivity index (χ1n) is 6.55. The minimum absolute atomic E-state index is 0.387. The smallest absolute Gasteiger partial charge is 0.0462 e. The van der Waals surface area contributed by atoms with Crippen molar-refractivity contribution < 1.29 is 5.11 Å². The van der Waals surface area contributed by atoms with Crippen LogP contribution < -0.4 is 5.32 Å². The van der Waals surface area contributed by atoms with Crippen LogP contribution >= 0.6 is 0 Å². The van der Waals surface area contributed by atoms with Crippen LogP contribution in [0.5, 0.6) is 0 Å². The van der Waals surface area contributed by atoms with Crippen molar-refractivity contribution in [2.24, 2.45) is 17.8 Å². The predicted octanol–water partition coefficient (Wildman–Crippen LogP) is 2.42. The summed E-state index contributed by atoms with van der Waals surface area (Å²) in [5.74, 6) is 2.13. The van der Waals surface area contributed by atoms with Crippen molar-refractivity contribution in [1.82, 2.24) is 5.32 Å².